The van der Waals surface area contributed by atoms with Crippen molar-refractivity contribution in [3.63, 3.8) is 0 Å². The Labute approximate surface area is 91.4 Å². The average Bonchev–Trinajstić information content (AvgIpc) is 2.25. The molecule has 0 aliphatic rings. The average molecular weight is 229 g/mol. The van der Waals surface area contributed by atoms with E-state index in [4.69, 9.17) is 16.7 Å². The van der Waals surface area contributed by atoms with E-state index in [0.717, 1.165) is 0 Å². The van der Waals surface area contributed by atoms with Crippen molar-refractivity contribution in [3.8, 4) is 0 Å². The van der Waals surface area contributed by atoms with Crippen LogP contribution in [0.4, 0.5) is 0 Å². The monoisotopic (exact) mass is 228 g/mol. The van der Waals surface area contributed by atoms with Crippen molar-refractivity contribution in [2.45, 2.75) is 0 Å². The summed E-state index contributed by atoms with van der Waals surface area (Å²) < 4.78 is 4.50. The van der Waals surface area contributed by atoms with Gasteiger partial charge < -0.3 is 9.84 Å². The van der Waals surface area contributed by atoms with Gasteiger partial charge in [0.05, 0.1) is 18.4 Å². The SMILES string of the molecule is COC(=O)c1ccc(/C=N/CO)nc1Cl. The van der Waals surface area contributed by atoms with Gasteiger partial charge in [-0.1, -0.05) is 11.6 Å². The largest absolute Gasteiger partial charge is 0.465 e. The summed E-state index contributed by atoms with van der Waals surface area (Å²) in [6.07, 6.45) is 1.35. The Morgan fingerprint density at radius 1 is 1.73 bits per heavy atom. The van der Waals surface area contributed by atoms with Crippen molar-refractivity contribution in [2.24, 2.45) is 4.99 Å². The summed E-state index contributed by atoms with van der Waals surface area (Å²) in [6.45, 7) is -0.321. The van der Waals surface area contributed by atoms with E-state index in [1.165, 1.54) is 19.4 Å². The molecule has 0 bridgehead atoms. The zero-order valence-electron chi connectivity index (χ0n) is 7.98. The van der Waals surface area contributed by atoms with Gasteiger partial charge in [-0.15, -0.1) is 0 Å². The van der Waals surface area contributed by atoms with E-state index in [1.807, 2.05) is 0 Å². The molecule has 1 rings (SSSR count). The number of aliphatic hydroxyl groups excluding tert-OH is 1. The molecule has 0 radical (unpaired) electrons. The first kappa shape index (κ1) is 11.6. The van der Waals surface area contributed by atoms with Crippen molar-refractivity contribution < 1.29 is 14.6 Å². The lowest BCUT2D eigenvalue weighted by atomic mass is 10.2. The molecule has 80 valence electrons. The highest BCUT2D eigenvalue weighted by Gasteiger charge is 2.11. The Morgan fingerprint density at radius 3 is 3.00 bits per heavy atom. The summed E-state index contributed by atoms with van der Waals surface area (Å²) in [5.74, 6) is -0.543. The van der Waals surface area contributed by atoms with Gasteiger partial charge in [-0.2, -0.15) is 0 Å². The first-order valence-electron chi connectivity index (χ1n) is 4.04. The van der Waals surface area contributed by atoms with E-state index in [9.17, 15) is 4.79 Å². The number of aliphatic imine (C=N–C) groups is 1. The minimum Gasteiger partial charge on any atom is -0.465 e. The molecule has 1 N–H and O–H groups in total. The Bertz CT molecular complexity index is 393. The number of carbonyl (C=O) groups is 1. The molecule has 0 atom stereocenters. The zero-order chi connectivity index (χ0) is 11.3. The third kappa shape index (κ3) is 3.00. The number of carbonyl (C=O) groups excluding carboxylic acids is 1. The lowest BCUT2D eigenvalue weighted by Gasteiger charge is -2.01. The predicted octanol–water partition coefficient (Wildman–Crippen LogP) is 0.890. The van der Waals surface area contributed by atoms with Crippen LogP contribution in [0.15, 0.2) is 17.1 Å². The second-order valence-electron chi connectivity index (χ2n) is 2.52. The highest BCUT2D eigenvalue weighted by atomic mass is 35.5. The smallest absolute Gasteiger partial charge is 0.341 e. The van der Waals surface area contributed by atoms with Crippen molar-refractivity contribution >= 4 is 23.8 Å². The van der Waals surface area contributed by atoms with Crippen LogP contribution in [0, 0.1) is 0 Å². The number of methoxy groups -OCH3 is 1. The fourth-order valence-electron chi connectivity index (χ4n) is 0.917. The van der Waals surface area contributed by atoms with Gasteiger partial charge in [0.15, 0.2) is 0 Å². The predicted molar refractivity (Wildman–Crippen MR) is 55.3 cm³/mol. The highest BCUT2D eigenvalue weighted by molar-refractivity contribution is 6.32. The van der Waals surface area contributed by atoms with E-state index < -0.39 is 5.97 Å². The lowest BCUT2D eigenvalue weighted by Crippen LogP contribution is -2.04. The van der Waals surface area contributed by atoms with E-state index >= 15 is 0 Å². The number of esters is 1. The molecule has 0 saturated carbocycles. The molecule has 0 fully saturated rings. The number of pyridine rings is 1. The highest BCUT2D eigenvalue weighted by Crippen LogP contribution is 2.14. The number of ether oxygens (including phenoxy) is 1. The third-order valence-electron chi connectivity index (χ3n) is 1.58. The molecule has 15 heavy (non-hydrogen) atoms. The lowest BCUT2D eigenvalue weighted by molar-refractivity contribution is 0.0600. The van der Waals surface area contributed by atoms with Crippen LogP contribution in [0.1, 0.15) is 16.1 Å². The summed E-state index contributed by atoms with van der Waals surface area (Å²) in [5.41, 5.74) is 0.655. The van der Waals surface area contributed by atoms with Crippen LogP contribution < -0.4 is 0 Å². The molecule has 0 saturated heterocycles. The van der Waals surface area contributed by atoms with E-state index in [-0.39, 0.29) is 17.4 Å². The molecular formula is C9H9ClN2O3. The molecule has 0 spiro atoms. The number of rotatable bonds is 3. The Hall–Kier alpha value is -1.46. The molecule has 0 aliphatic carbocycles. The van der Waals surface area contributed by atoms with Gasteiger partial charge in [0.25, 0.3) is 0 Å². The molecule has 0 unspecified atom stereocenters. The first-order valence-corrected chi connectivity index (χ1v) is 4.42. The minimum atomic E-state index is -0.543. The van der Waals surface area contributed by atoms with Crippen LogP contribution in [0.2, 0.25) is 5.15 Å². The molecule has 0 aromatic carbocycles. The van der Waals surface area contributed by atoms with Gasteiger partial charge in [-0.05, 0) is 12.1 Å². The van der Waals surface area contributed by atoms with Crippen molar-refractivity contribution in [1.29, 1.82) is 0 Å². The maximum Gasteiger partial charge on any atom is 0.341 e. The minimum absolute atomic E-state index is 0.0451. The normalized spacial score (nSPS) is 10.6. The van der Waals surface area contributed by atoms with Crippen LogP contribution >= 0.6 is 11.6 Å². The van der Waals surface area contributed by atoms with Crippen LogP contribution in [-0.4, -0.2) is 36.1 Å². The van der Waals surface area contributed by atoms with Gasteiger partial charge >= 0.3 is 5.97 Å². The van der Waals surface area contributed by atoms with Crippen molar-refractivity contribution in [2.75, 3.05) is 13.8 Å². The second kappa shape index (κ2) is 5.43. The molecule has 0 aliphatic heterocycles. The molecule has 1 aromatic heterocycles. The quantitative estimate of drug-likeness (QED) is 0.474. The zero-order valence-corrected chi connectivity index (χ0v) is 8.73. The number of aromatic nitrogens is 1. The second-order valence-corrected chi connectivity index (χ2v) is 2.88. The van der Waals surface area contributed by atoms with Crippen molar-refractivity contribution in [1.82, 2.24) is 4.98 Å². The van der Waals surface area contributed by atoms with E-state index in [0.29, 0.717) is 5.69 Å². The van der Waals surface area contributed by atoms with Gasteiger partial charge in [0.1, 0.15) is 11.9 Å². The van der Waals surface area contributed by atoms with Crippen LogP contribution in [0.3, 0.4) is 0 Å². The maximum absolute atomic E-state index is 11.1. The molecular weight excluding hydrogens is 220 g/mol. The van der Waals surface area contributed by atoms with Gasteiger partial charge in [-0.3, -0.25) is 4.99 Å². The summed E-state index contributed by atoms with van der Waals surface area (Å²) in [7, 11) is 1.26. The maximum atomic E-state index is 11.1. The van der Waals surface area contributed by atoms with E-state index in [1.54, 1.807) is 6.07 Å². The van der Waals surface area contributed by atoms with Crippen LogP contribution in [-0.2, 0) is 4.74 Å². The standard InChI is InChI=1S/C9H9ClN2O3/c1-15-9(14)7-3-2-6(4-11-5-13)12-8(7)10/h2-4,13H,5H2,1H3/b11-4+. The summed E-state index contributed by atoms with van der Waals surface area (Å²) in [5, 5.41) is 8.49. The summed E-state index contributed by atoms with van der Waals surface area (Å²) in [4.78, 5) is 18.6. The Morgan fingerprint density at radius 2 is 2.47 bits per heavy atom. The van der Waals surface area contributed by atoms with E-state index in [2.05, 4.69) is 14.7 Å². The van der Waals surface area contributed by atoms with Crippen LogP contribution in [0.5, 0.6) is 0 Å². The fourth-order valence-corrected chi connectivity index (χ4v) is 1.15. The fraction of sp³-hybridized carbons (Fsp3) is 0.222. The first-order chi connectivity index (χ1) is 7.19. The molecule has 5 nitrogen and oxygen atoms in total. The van der Waals surface area contributed by atoms with Gasteiger partial charge in [0, 0.05) is 6.21 Å². The van der Waals surface area contributed by atoms with Crippen LogP contribution in [0.25, 0.3) is 0 Å². The molecule has 0 amide bonds. The number of hydrogen-bond acceptors (Lipinski definition) is 5. The molecule has 6 heteroatoms. The Balaban J connectivity index is 2.98. The number of aliphatic hydroxyl groups is 1. The molecule has 1 aromatic rings. The summed E-state index contributed by atoms with van der Waals surface area (Å²) >= 11 is 5.75. The van der Waals surface area contributed by atoms with Crippen molar-refractivity contribution in [3.05, 3.63) is 28.5 Å². The summed E-state index contributed by atoms with van der Waals surface area (Å²) in [6, 6.07) is 3.04. The molecule has 1 heterocycles. The topological polar surface area (TPSA) is 71.8 Å². The number of halogens is 1. The van der Waals surface area contributed by atoms with Gasteiger partial charge in [-0.25, -0.2) is 9.78 Å². The third-order valence-corrected chi connectivity index (χ3v) is 1.87. The Kier molecular flexibility index (Phi) is 4.20. The van der Waals surface area contributed by atoms with Gasteiger partial charge in [0.2, 0.25) is 0 Å². The number of hydrogen-bond donors (Lipinski definition) is 1. The number of nitrogens with zero attached hydrogens (tertiary/aromatic N) is 2.